The second kappa shape index (κ2) is 5.50. The van der Waals surface area contributed by atoms with Crippen LogP contribution >= 0.6 is 0 Å². The second-order valence-corrected chi connectivity index (χ2v) is 4.79. The van der Waals surface area contributed by atoms with Crippen LogP contribution in [0.3, 0.4) is 0 Å². The quantitative estimate of drug-likeness (QED) is 0.894. The molecule has 2 heterocycles. The van der Waals surface area contributed by atoms with Crippen LogP contribution in [0.15, 0.2) is 24.4 Å². The van der Waals surface area contributed by atoms with E-state index in [1.165, 1.54) is 5.56 Å². The molecule has 0 spiro atoms. The van der Waals surface area contributed by atoms with E-state index in [9.17, 15) is 0 Å². The lowest BCUT2D eigenvalue weighted by molar-refractivity contribution is 0.294. The van der Waals surface area contributed by atoms with E-state index in [0.29, 0.717) is 13.2 Å². The molecule has 2 aromatic rings. The van der Waals surface area contributed by atoms with Crippen LogP contribution in [0.4, 0.5) is 0 Å². The fourth-order valence-electron chi connectivity index (χ4n) is 2.31. The summed E-state index contributed by atoms with van der Waals surface area (Å²) < 4.78 is 13.1. The minimum Gasteiger partial charge on any atom is -0.491 e. The number of aromatic nitrogens is 3. The van der Waals surface area contributed by atoms with E-state index < -0.39 is 0 Å². The first-order chi connectivity index (χ1) is 9.76. The van der Waals surface area contributed by atoms with Crippen molar-refractivity contribution < 1.29 is 9.47 Å². The summed E-state index contributed by atoms with van der Waals surface area (Å²) in [5, 5.41) is 11.3. The van der Waals surface area contributed by atoms with E-state index in [1.807, 2.05) is 25.4 Å². The molecule has 0 amide bonds. The summed E-state index contributed by atoms with van der Waals surface area (Å²) in [7, 11) is 1.83. The maximum atomic E-state index is 5.71. The third kappa shape index (κ3) is 2.60. The molecule has 1 N–H and O–H groups in total. The predicted octanol–water partition coefficient (Wildman–Crippen LogP) is 1.44. The van der Waals surface area contributed by atoms with Crippen molar-refractivity contribution in [3.63, 3.8) is 0 Å². The maximum Gasteiger partial charge on any atom is 0.134 e. The number of aryl methyl sites for hydroxylation is 1. The van der Waals surface area contributed by atoms with Gasteiger partial charge >= 0.3 is 0 Å². The molecule has 6 heteroatoms. The number of fused-ring (bicyclic) bond motifs is 1. The van der Waals surface area contributed by atoms with Gasteiger partial charge in [-0.15, -0.1) is 5.10 Å². The fourth-order valence-corrected chi connectivity index (χ4v) is 2.31. The standard InChI is InChI=1S/C14H18N4O2/c1-3-15-13-9-20-14-6-11(4-5-12(13)14)19-8-10-7-18(2)17-16-10/h4-7,13,15H,3,8-9H2,1-2H3. The minimum absolute atomic E-state index is 0.282. The lowest BCUT2D eigenvalue weighted by Crippen LogP contribution is -2.21. The van der Waals surface area contributed by atoms with Crippen LogP contribution in [0.2, 0.25) is 0 Å². The monoisotopic (exact) mass is 274 g/mol. The first-order valence-corrected chi connectivity index (χ1v) is 6.74. The molecule has 0 aliphatic carbocycles. The molecular formula is C14H18N4O2. The Labute approximate surface area is 117 Å². The minimum atomic E-state index is 0.282. The van der Waals surface area contributed by atoms with E-state index in [2.05, 4.69) is 28.6 Å². The SMILES string of the molecule is CCNC1COc2cc(OCc3cn(C)nn3)ccc21. The highest BCUT2D eigenvalue weighted by Gasteiger charge is 2.23. The average molecular weight is 274 g/mol. The molecule has 20 heavy (non-hydrogen) atoms. The fraction of sp³-hybridized carbons (Fsp3) is 0.429. The van der Waals surface area contributed by atoms with Gasteiger partial charge in [-0.3, -0.25) is 4.68 Å². The second-order valence-electron chi connectivity index (χ2n) is 4.79. The number of hydrogen-bond acceptors (Lipinski definition) is 5. The lowest BCUT2D eigenvalue weighted by atomic mass is 10.1. The molecule has 0 radical (unpaired) electrons. The smallest absolute Gasteiger partial charge is 0.134 e. The molecule has 6 nitrogen and oxygen atoms in total. The Morgan fingerprint density at radius 1 is 1.50 bits per heavy atom. The Kier molecular flexibility index (Phi) is 3.56. The highest BCUT2D eigenvalue weighted by molar-refractivity contribution is 5.45. The summed E-state index contributed by atoms with van der Waals surface area (Å²) >= 11 is 0. The van der Waals surface area contributed by atoms with Gasteiger partial charge in [0.25, 0.3) is 0 Å². The summed E-state index contributed by atoms with van der Waals surface area (Å²) in [5.41, 5.74) is 2.00. The van der Waals surface area contributed by atoms with Gasteiger partial charge < -0.3 is 14.8 Å². The van der Waals surface area contributed by atoms with Crippen molar-refractivity contribution in [3.05, 3.63) is 35.7 Å². The Balaban J connectivity index is 1.67. The van der Waals surface area contributed by atoms with Crippen LogP contribution in [0.1, 0.15) is 24.2 Å². The zero-order chi connectivity index (χ0) is 13.9. The van der Waals surface area contributed by atoms with Crippen LogP contribution in [0.25, 0.3) is 0 Å². The molecule has 3 rings (SSSR count). The normalized spacial score (nSPS) is 16.8. The van der Waals surface area contributed by atoms with Gasteiger partial charge in [-0.2, -0.15) is 0 Å². The molecule has 1 unspecified atom stereocenters. The summed E-state index contributed by atoms with van der Waals surface area (Å²) in [5.74, 6) is 1.68. The Morgan fingerprint density at radius 2 is 2.40 bits per heavy atom. The third-order valence-electron chi connectivity index (χ3n) is 3.25. The van der Waals surface area contributed by atoms with E-state index in [4.69, 9.17) is 9.47 Å². The zero-order valence-corrected chi connectivity index (χ0v) is 11.7. The average Bonchev–Trinajstić information content (AvgIpc) is 3.04. The highest BCUT2D eigenvalue weighted by Crippen LogP contribution is 2.35. The largest absolute Gasteiger partial charge is 0.491 e. The van der Waals surface area contributed by atoms with Crippen molar-refractivity contribution in [1.82, 2.24) is 20.3 Å². The van der Waals surface area contributed by atoms with Gasteiger partial charge in [0.2, 0.25) is 0 Å². The van der Waals surface area contributed by atoms with Crippen molar-refractivity contribution in [3.8, 4) is 11.5 Å². The number of likely N-dealkylation sites (N-methyl/N-ethyl adjacent to an activating group) is 1. The van der Waals surface area contributed by atoms with Crippen LogP contribution in [0.5, 0.6) is 11.5 Å². The summed E-state index contributed by atoms with van der Waals surface area (Å²) in [6.07, 6.45) is 1.84. The van der Waals surface area contributed by atoms with Gasteiger partial charge in [-0.25, -0.2) is 0 Å². The Bertz CT molecular complexity index is 597. The molecule has 1 atom stereocenters. The number of nitrogens with one attached hydrogen (secondary N) is 1. The number of rotatable bonds is 5. The van der Waals surface area contributed by atoms with Gasteiger partial charge in [0.15, 0.2) is 0 Å². The molecule has 0 saturated heterocycles. The van der Waals surface area contributed by atoms with Crippen molar-refractivity contribution >= 4 is 0 Å². The van der Waals surface area contributed by atoms with Crippen molar-refractivity contribution in [1.29, 1.82) is 0 Å². The van der Waals surface area contributed by atoms with Gasteiger partial charge in [0, 0.05) is 18.7 Å². The number of ether oxygens (including phenoxy) is 2. The number of nitrogens with zero attached hydrogens (tertiary/aromatic N) is 3. The Morgan fingerprint density at radius 3 is 3.15 bits per heavy atom. The molecular weight excluding hydrogens is 256 g/mol. The summed E-state index contributed by atoms with van der Waals surface area (Å²) in [6.45, 7) is 4.11. The van der Waals surface area contributed by atoms with E-state index in [0.717, 1.165) is 23.7 Å². The molecule has 0 bridgehead atoms. The van der Waals surface area contributed by atoms with Crippen LogP contribution in [0, 0.1) is 0 Å². The highest BCUT2D eigenvalue weighted by atomic mass is 16.5. The Hall–Kier alpha value is -2.08. The molecule has 1 aliphatic rings. The van der Waals surface area contributed by atoms with E-state index in [1.54, 1.807) is 4.68 Å². The van der Waals surface area contributed by atoms with Gasteiger partial charge in [-0.05, 0) is 18.7 Å². The number of hydrogen-bond donors (Lipinski definition) is 1. The topological polar surface area (TPSA) is 61.2 Å². The number of benzene rings is 1. The van der Waals surface area contributed by atoms with Gasteiger partial charge in [-0.1, -0.05) is 12.1 Å². The van der Waals surface area contributed by atoms with Crippen molar-refractivity contribution in [2.45, 2.75) is 19.6 Å². The molecule has 1 aromatic heterocycles. The van der Waals surface area contributed by atoms with Crippen LogP contribution < -0.4 is 14.8 Å². The predicted molar refractivity (Wildman–Crippen MR) is 73.7 cm³/mol. The maximum absolute atomic E-state index is 5.71. The first kappa shape index (κ1) is 12.9. The molecule has 0 saturated carbocycles. The third-order valence-corrected chi connectivity index (χ3v) is 3.25. The van der Waals surface area contributed by atoms with Crippen molar-refractivity contribution in [2.24, 2.45) is 7.05 Å². The molecule has 106 valence electrons. The van der Waals surface area contributed by atoms with Crippen LogP contribution in [-0.4, -0.2) is 28.1 Å². The zero-order valence-electron chi connectivity index (χ0n) is 11.7. The van der Waals surface area contributed by atoms with Gasteiger partial charge in [0.05, 0.1) is 12.2 Å². The van der Waals surface area contributed by atoms with E-state index in [-0.39, 0.29) is 6.04 Å². The molecule has 1 aliphatic heterocycles. The molecule has 0 fully saturated rings. The summed E-state index contributed by atoms with van der Waals surface area (Å²) in [6, 6.07) is 6.24. The van der Waals surface area contributed by atoms with Gasteiger partial charge in [0.1, 0.15) is 30.4 Å². The van der Waals surface area contributed by atoms with Crippen molar-refractivity contribution in [2.75, 3.05) is 13.2 Å². The van der Waals surface area contributed by atoms with Crippen LogP contribution in [-0.2, 0) is 13.7 Å². The first-order valence-electron chi connectivity index (χ1n) is 6.74. The molecule has 1 aromatic carbocycles. The lowest BCUT2D eigenvalue weighted by Gasteiger charge is -2.09. The summed E-state index contributed by atoms with van der Waals surface area (Å²) in [4.78, 5) is 0. The van der Waals surface area contributed by atoms with E-state index >= 15 is 0 Å².